The first kappa shape index (κ1) is 14.0. The lowest BCUT2D eigenvalue weighted by Crippen LogP contribution is -2.50. The number of nitrogens with one attached hydrogen (secondary N) is 1. The van der Waals surface area contributed by atoms with Gasteiger partial charge in [-0.25, -0.2) is 0 Å². The zero-order valence-corrected chi connectivity index (χ0v) is 11.0. The van der Waals surface area contributed by atoms with Gasteiger partial charge in [-0.2, -0.15) is 0 Å². The first-order valence-corrected chi connectivity index (χ1v) is 6.65. The zero-order chi connectivity index (χ0) is 13.5. The molecule has 0 amide bonds. The van der Waals surface area contributed by atoms with Gasteiger partial charge < -0.3 is 15.8 Å². The number of hydrogen-bond acceptors (Lipinski definition) is 5. The Hall–Kier alpha value is -1.43. The van der Waals surface area contributed by atoms with E-state index in [-0.39, 0.29) is 12.6 Å². The summed E-state index contributed by atoms with van der Waals surface area (Å²) in [5.74, 6) is -0.331. The van der Waals surface area contributed by atoms with Gasteiger partial charge in [-0.05, 0) is 5.56 Å². The van der Waals surface area contributed by atoms with Gasteiger partial charge in [0.25, 0.3) is 0 Å². The van der Waals surface area contributed by atoms with E-state index in [0.717, 1.165) is 31.7 Å². The molecule has 1 aliphatic heterocycles. The Morgan fingerprint density at radius 3 is 2.68 bits per heavy atom. The van der Waals surface area contributed by atoms with Crippen LogP contribution in [0.15, 0.2) is 30.3 Å². The van der Waals surface area contributed by atoms with Crippen LogP contribution in [-0.4, -0.2) is 49.6 Å². The number of nitrogens with zero attached hydrogens (tertiary/aromatic N) is 1. The Kier molecular flexibility index (Phi) is 5.32. The van der Waals surface area contributed by atoms with Crippen LogP contribution in [0.25, 0.3) is 0 Å². The molecule has 3 N–H and O–H groups in total. The van der Waals surface area contributed by atoms with E-state index in [9.17, 15) is 4.79 Å². The second kappa shape index (κ2) is 7.23. The van der Waals surface area contributed by atoms with Crippen molar-refractivity contribution in [3.8, 4) is 0 Å². The molecule has 5 nitrogen and oxygen atoms in total. The standard InChI is InChI=1S/C14H21N3O2/c15-13(10-17-8-6-16-7-9-17)14(18)19-11-12-4-2-1-3-5-12/h1-5,13,16H,6-11,15H2/t13-/m1/s1. The second-order valence-electron chi connectivity index (χ2n) is 4.75. The lowest BCUT2D eigenvalue weighted by Gasteiger charge is -2.28. The number of ether oxygens (including phenoxy) is 1. The highest BCUT2D eigenvalue weighted by atomic mass is 16.5. The minimum absolute atomic E-state index is 0.287. The summed E-state index contributed by atoms with van der Waals surface area (Å²) in [6, 6.07) is 9.06. The summed E-state index contributed by atoms with van der Waals surface area (Å²) in [5.41, 5.74) is 6.85. The molecule has 1 heterocycles. The van der Waals surface area contributed by atoms with Crippen LogP contribution in [0.3, 0.4) is 0 Å². The third kappa shape index (κ3) is 4.63. The summed E-state index contributed by atoms with van der Waals surface area (Å²) in [6.45, 7) is 4.61. The maximum atomic E-state index is 11.8. The van der Waals surface area contributed by atoms with Crippen molar-refractivity contribution in [2.24, 2.45) is 5.73 Å². The Bertz CT molecular complexity index is 391. The van der Waals surface area contributed by atoms with E-state index in [1.165, 1.54) is 0 Å². The number of carbonyl (C=O) groups is 1. The molecule has 1 aliphatic rings. The third-order valence-electron chi connectivity index (χ3n) is 3.19. The van der Waals surface area contributed by atoms with E-state index in [1.807, 2.05) is 30.3 Å². The summed E-state index contributed by atoms with van der Waals surface area (Å²) in [7, 11) is 0. The fraction of sp³-hybridized carbons (Fsp3) is 0.500. The zero-order valence-electron chi connectivity index (χ0n) is 11.0. The number of benzene rings is 1. The van der Waals surface area contributed by atoms with Crippen LogP contribution in [-0.2, 0) is 16.1 Å². The van der Waals surface area contributed by atoms with Crippen molar-refractivity contribution in [3.63, 3.8) is 0 Å². The van der Waals surface area contributed by atoms with Gasteiger partial charge in [0.1, 0.15) is 12.6 Å². The fourth-order valence-corrected chi connectivity index (χ4v) is 2.08. The Labute approximate surface area is 113 Å². The first-order valence-electron chi connectivity index (χ1n) is 6.65. The predicted molar refractivity (Wildman–Crippen MR) is 73.5 cm³/mol. The molecule has 0 saturated carbocycles. The lowest BCUT2D eigenvalue weighted by molar-refractivity contribution is -0.147. The second-order valence-corrected chi connectivity index (χ2v) is 4.75. The molecular formula is C14H21N3O2. The molecule has 0 bridgehead atoms. The first-order chi connectivity index (χ1) is 9.25. The van der Waals surface area contributed by atoms with E-state index >= 15 is 0 Å². The van der Waals surface area contributed by atoms with Crippen LogP contribution >= 0.6 is 0 Å². The average molecular weight is 263 g/mol. The number of nitrogens with two attached hydrogens (primary N) is 1. The maximum absolute atomic E-state index is 11.8. The van der Waals surface area contributed by atoms with Gasteiger partial charge in [0.05, 0.1) is 0 Å². The Balaban J connectivity index is 1.72. The van der Waals surface area contributed by atoms with Crippen LogP contribution < -0.4 is 11.1 Å². The van der Waals surface area contributed by atoms with E-state index in [1.54, 1.807) is 0 Å². The van der Waals surface area contributed by atoms with Crippen LogP contribution in [0, 0.1) is 0 Å². The van der Waals surface area contributed by atoms with Gasteiger partial charge in [-0.15, -0.1) is 0 Å². The minimum atomic E-state index is -0.568. The highest BCUT2D eigenvalue weighted by molar-refractivity contribution is 5.75. The maximum Gasteiger partial charge on any atom is 0.324 e. The molecule has 1 fully saturated rings. The van der Waals surface area contributed by atoms with Crippen molar-refractivity contribution >= 4 is 5.97 Å². The molecule has 1 aromatic carbocycles. The molecule has 2 rings (SSSR count). The van der Waals surface area contributed by atoms with Crippen LogP contribution in [0.2, 0.25) is 0 Å². The van der Waals surface area contributed by atoms with E-state index in [4.69, 9.17) is 10.5 Å². The fourth-order valence-electron chi connectivity index (χ4n) is 2.08. The van der Waals surface area contributed by atoms with Gasteiger partial charge in [0, 0.05) is 32.7 Å². The molecule has 1 aromatic rings. The SMILES string of the molecule is N[C@H](CN1CCNCC1)C(=O)OCc1ccccc1. The summed E-state index contributed by atoms with van der Waals surface area (Å²) < 4.78 is 5.23. The third-order valence-corrected chi connectivity index (χ3v) is 3.19. The minimum Gasteiger partial charge on any atom is -0.460 e. The summed E-state index contributed by atoms with van der Waals surface area (Å²) >= 11 is 0. The van der Waals surface area contributed by atoms with Gasteiger partial charge in [0.15, 0.2) is 0 Å². The van der Waals surface area contributed by atoms with Crippen molar-refractivity contribution in [2.75, 3.05) is 32.7 Å². The highest BCUT2D eigenvalue weighted by Crippen LogP contribution is 2.02. The van der Waals surface area contributed by atoms with Crippen molar-refractivity contribution in [3.05, 3.63) is 35.9 Å². The predicted octanol–water partition coefficient (Wildman–Crippen LogP) is -0.0377. The molecule has 0 radical (unpaired) electrons. The molecule has 0 aliphatic carbocycles. The summed E-state index contributed by atoms with van der Waals surface area (Å²) in [4.78, 5) is 14.0. The van der Waals surface area contributed by atoms with E-state index in [2.05, 4.69) is 10.2 Å². The average Bonchev–Trinajstić information content (AvgIpc) is 2.47. The van der Waals surface area contributed by atoms with Crippen LogP contribution in [0.5, 0.6) is 0 Å². The summed E-state index contributed by atoms with van der Waals surface area (Å²) in [6.07, 6.45) is 0. The molecule has 5 heteroatoms. The van der Waals surface area contributed by atoms with Gasteiger partial charge in [-0.1, -0.05) is 30.3 Å². The van der Waals surface area contributed by atoms with E-state index in [0.29, 0.717) is 6.54 Å². The van der Waals surface area contributed by atoms with Crippen molar-refractivity contribution < 1.29 is 9.53 Å². The van der Waals surface area contributed by atoms with Gasteiger partial charge in [-0.3, -0.25) is 9.69 Å². The largest absolute Gasteiger partial charge is 0.460 e. The lowest BCUT2D eigenvalue weighted by atomic mass is 10.2. The molecule has 1 atom stereocenters. The molecular weight excluding hydrogens is 242 g/mol. The quantitative estimate of drug-likeness (QED) is 0.730. The number of hydrogen-bond donors (Lipinski definition) is 2. The van der Waals surface area contributed by atoms with Gasteiger partial charge >= 0.3 is 5.97 Å². The number of esters is 1. The molecule has 19 heavy (non-hydrogen) atoms. The topological polar surface area (TPSA) is 67.6 Å². The molecule has 0 aromatic heterocycles. The van der Waals surface area contributed by atoms with Crippen LogP contribution in [0.1, 0.15) is 5.56 Å². The van der Waals surface area contributed by atoms with Crippen LogP contribution in [0.4, 0.5) is 0 Å². The summed E-state index contributed by atoms with van der Waals surface area (Å²) in [5, 5.41) is 3.27. The monoisotopic (exact) mass is 263 g/mol. The normalized spacial score (nSPS) is 17.9. The molecule has 0 unspecified atom stereocenters. The Morgan fingerprint density at radius 1 is 1.32 bits per heavy atom. The van der Waals surface area contributed by atoms with Crippen molar-refractivity contribution in [1.82, 2.24) is 10.2 Å². The molecule has 0 spiro atoms. The van der Waals surface area contributed by atoms with Crippen molar-refractivity contribution in [1.29, 1.82) is 0 Å². The number of piperazine rings is 1. The smallest absolute Gasteiger partial charge is 0.324 e. The molecule has 1 saturated heterocycles. The van der Waals surface area contributed by atoms with E-state index < -0.39 is 6.04 Å². The number of carbonyl (C=O) groups excluding carboxylic acids is 1. The highest BCUT2D eigenvalue weighted by Gasteiger charge is 2.20. The molecule has 104 valence electrons. The number of rotatable bonds is 5. The Morgan fingerprint density at radius 2 is 2.00 bits per heavy atom. The van der Waals surface area contributed by atoms with Crippen molar-refractivity contribution in [2.45, 2.75) is 12.6 Å². The van der Waals surface area contributed by atoms with Gasteiger partial charge in [0.2, 0.25) is 0 Å².